The molecule has 28 heavy (non-hydrogen) atoms. The first kappa shape index (κ1) is 21.2. The van der Waals surface area contributed by atoms with Gasteiger partial charge in [0.1, 0.15) is 0 Å². The molecule has 0 aromatic heterocycles. The molecule has 0 bridgehead atoms. The first-order valence-corrected chi connectivity index (χ1v) is 12.7. The zero-order valence-corrected chi connectivity index (χ0v) is 18.8. The van der Waals surface area contributed by atoms with Crippen LogP contribution >= 0.6 is 0 Å². The van der Waals surface area contributed by atoms with Gasteiger partial charge in [-0.1, -0.05) is 52.9 Å². The summed E-state index contributed by atoms with van der Waals surface area (Å²) in [5.74, 6) is 4.53. The van der Waals surface area contributed by atoms with Crippen LogP contribution in [0.25, 0.3) is 0 Å². The number of aliphatic hydroxyl groups is 2. The van der Waals surface area contributed by atoms with Crippen molar-refractivity contribution in [2.75, 3.05) is 6.61 Å². The summed E-state index contributed by atoms with van der Waals surface area (Å²) in [4.78, 5) is 0. The second-order valence-corrected chi connectivity index (χ2v) is 11.8. The molecule has 4 aliphatic rings. The minimum atomic E-state index is -0.0376. The summed E-state index contributed by atoms with van der Waals surface area (Å²) in [6, 6.07) is 0. The van der Waals surface area contributed by atoms with Crippen LogP contribution in [0.2, 0.25) is 0 Å². The van der Waals surface area contributed by atoms with Gasteiger partial charge >= 0.3 is 0 Å². The Kier molecular flexibility index (Phi) is 6.21. The average molecular weight is 391 g/mol. The van der Waals surface area contributed by atoms with Gasteiger partial charge in [0.25, 0.3) is 0 Å². The van der Waals surface area contributed by atoms with E-state index in [2.05, 4.69) is 20.8 Å². The van der Waals surface area contributed by atoms with E-state index >= 15 is 0 Å². The fourth-order valence-corrected chi connectivity index (χ4v) is 9.19. The lowest BCUT2D eigenvalue weighted by molar-refractivity contribution is -0.164. The molecule has 0 aliphatic heterocycles. The van der Waals surface area contributed by atoms with E-state index in [1.807, 2.05) is 0 Å². The van der Waals surface area contributed by atoms with Crippen molar-refractivity contribution in [1.29, 1.82) is 0 Å². The Morgan fingerprint density at radius 3 is 2.46 bits per heavy atom. The lowest BCUT2D eigenvalue weighted by Crippen LogP contribution is -2.57. The van der Waals surface area contributed by atoms with Crippen LogP contribution in [-0.2, 0) is 0 Å². The second-order valence-electron chi connectivity index (χ2n) is 11.8. The predicted molar refractivity (Wildman–Crippen MR) is 116 cm³/mol. The third kappa shape index (κ3) is 3.39. The van der Waals surface area contributed by atoms with Gasteiger partial charge in [-0.15, -0.1) is 0 Å². The van der Waals surface area contributed by atoms with E-state index in [1.54, 1.807) is 0 Å². The molecule has 2 nitrogen and oxygen atoms in total. The topological polar surface area (TPSA) is 40.5 Å². The van der Waals surface area contributed by atoms with Crippen LogP contribution in [0.4, 0.5) is 0 Å². The molecule has 4 fully saturated rings. The van der Waals surface area contributed by atoms with E-state index in [9.17, 15) is 5.11 Å². The smallest absolute Gasteiger partial charge is 0.0577 e. The van der Waals surface area contributed by atoms with Crippen LogP contribution in [0.1, 0.15) is 104 Å². The van der Waals surface area contributed by atoms with Crippen molar-refractivity contribution >= 4 is 0 Å². The van der Waals surface area contributed by atoms with Crippen molar-refractivity contribution in [1.82, 2.24) is 0 Å². The average Bonchev–Trinajstić information content (AvgIpc) is 3.03. The van der Waals surface area contributed by atoms with Gasteiger partial charge in [-0.3, -0.25) is 0 Å². The Balaban J connectivity index is 1.49. The van der Waals surface area contributed by atoms with Gasteiger partial charge in [-0.2, -0.15) is 0 Å². The zero-order valence-electron chi connectivity index (χ0n) is 18.8. The molecule has 9 atom stereocenters. The number of aliphatic hydroxyl groups excluding tert-OH is 2. The van der Waals surface area contributed by atoms with Gasteiger partial charge < -0.3 is 10.2 Å². The molecule has 2 heteroatoms. The molecule has 0 aromatic rings. The highest BCUT2D eigenvalue weighted by atomic mass is 16.3. The molecule has 0 spiro atoms. The number of fused-ring (bicyclic) bond motifs is 5. The molecule has 0 aromatic carbocycles. The molecular weight excluding hydrogens is 344 g/mol. The van der Waals surface area contributed by atoms with Crippen LogP contribution in [0, 0.1) is 46.3 Å². The maximum atomic E-state index is 11.3. The van der Waals surface area contributed by atoms with Crippen molar-refractivity contribution in [2.24, 2.45) is 46.3 Å². The summed E-state index contributed by atoms with van der Waals surface area (Å²) in [7, 11) is 0. The highest BCUT2D eigenvalue weighted by Gasteiger charge is 2.62. The van der Waals surface area contributed by atoms with Crippen LogP contribution in [0.3, 0.4) is 0 Å². The highest BCUT2D eigenvalue weighted by Crippen LogP contribution is 2.68. The fraction of sp³-hybridized carbons (Fsp3) is 1.00. The van der Waals surface area contributed by atoms with Crippen LogP contribution in [-0.4, -0.2) is 22.9 Å². The fourth-order valence-electron chi connectivity index (χ4n) is 9.19. The number of hydrogen-bond acceptors (Lipinski definition) is 2. The van der Waals surface area contributed by atoms with Crippen molar-refractivity contribution < 1.29 is 10.2 Å². The van der Waals surface area contributed by atoms with Gasteiger partial charge in [0, 0.05) is 6.61 Å². The monoisotopic (exact) mass is 390 g/mol. The molecule has 0 saturated heterocycles. The van der Waals surface area contributed by atoms with Crippen molar-refractivity contribution in [3.8, 4) is 0 Å². The standard InChI is InChI=1S/C26H46O2/c1-18(9-5-4-8-16-27)20-11-12-21-24-22(13-15-26(20,21)3)25(2)14-7-6-10-19(25)17-23(24)28/h18-24,27-28H,4-17H2,1-3H3/t18-,19?,20-,21?,22?,23+,24?,25+,26-/m1/s1. The lowest BCUT2D eigenvalue weighted by atomic mass is 9.44. The summed E-state index contributed by atoms with van der Waals surface area (Å²) in [6.07, 6.45) is 16.9. The summed E-state index contributed by atoms with van der Waals surface area (Å²) < 4.78 is 0. The summed E-state index contributed by atoms with van der Waals surface area (Å²) in [6.45, 7) is 8.06. The summed E-state index contributed by atoms with van der Waals surface area (Å²) in [5, 5.41) is 20.4. The van der Waals surface area contributed by atoms with E-state index in [-0.39, 0.29) is 6.10 Å². The second kappa shape index (κ2) is 8.22. The minimum absolute atomic E-state index is 0.0376. The molecule has 4 saturated carbocycles. The van der Waals surface area contributed by atoms with Crippen molar-refractivity contribution in [3.63, 3.8) is 0 Å². The Morgan fingerprint density at radius 2 is 1.68 bits per heavy atom. The molecule has 0 heterocycles. The maximum Gasteiger partial charge on any atom is 0.0577 e. The molecule has 162 valence electrons. The van der Waals surface area contributed by atoms with E-state index < -0.39 is 0 Å². The Bertz CT molecular complexity index is 533. The predicted octanol–water partition coefficient (Wildman–Crippen LogP) is 6.20. The quantitative estimate of drug-likeness (QED) is 0.530. The van der Waals surface area contributed by atoms with Crippen LogP contribution < -0.4 is 0 Å². The Labute approximate surface area is 173 Å². The molecule has 4 aliphatic carbocycles. The number of unbranched alkanes of at least 4 members (excludes halogenated alkanes) is 2. The summed E-state index contributed by atoms with van der Waals surface area (Å²) in [5.41, 5.74) is 0.966. The van der Waals surface area contributed by atoms with Crippen LogP contribution in [0.15, 0.2) is 0 Å². The Morgan fingerprint density at radius 1 is 0.893 bits per heavy atom. The van der Waals surface area contributed by atoms with Gasteiger partial charge in [-0.25, -0.2) is 0 Å². The number of rotatable bonds is 6. The van der Waals surface area contributed by atoms with E-state index in [0.29, 0.717) is 23.4 Å². The van der Waals surface area contributed by atoms with Crippen molar-refractivity contribution in [3.05, 3.63) is 0 Å². The lowest BCUT2D eigenvalue weighted by Gasteiger charge is -2.62. The zero-order chi connectivity index (χ0) is 19.9. The minimum Gasteiger partial charge on any atom is -0.396 e. The molecule has 0 amide bonds. The van der Waals surface area contributed by atoms with Gasteiger partial charge in [0.05, 0.1) is 6.10 Å². The first-order valence-electron chi connectivity index (χ1n) is 12.7. The largest absolute Gasteiger partial charge is 0.396 e. The maximum absolute atomic E-state index is 11.3. The third-order valence-electron chi connectivity index (χ3n) is 10.7. The third-order valence-corrected chi connectivity index (χ3v) is 10.7. The summed E-state index contributed by atoms with van der Waals surface area (Å²) >= 11 is 0. The molecular formula is C26H46O2. The normalized spacial score (nSPS) is 49.2. The first-order chi connectivity index (χ1) is 13.4. The number of hydrogen-bond donors (Lipinski definition) is 2. The highest BCUT2D eigenvalue weighted by molar-refractivity contribution is 5.11. The molecule has 4 unspecified atom stereocenters. The van der Waals surface area contributed by atoms with Gasteiger partial charge in [0.15, 0.2) is 0 Å². The molecule has 2 N–H and O–H groups in total. The van der Waals surface area contributed by atoms with E-state index in [4.69, 9.17) is 5.11 Å². The van der Waals surface area contributed by atoms with Crippen LogP contribution in [0.5, 0.6) is 0 Å². The SMILES string of the molecule is C[C@H](CCCCCO)[C@H]1CCC2C3C(CC[C@@]21C)[C@@]1(C)CCCCC1C[C@@H]3O. The van der Waals surface area contributed by atoms with E-state index in [0.717, 1.165) is 42.4 Å². The van der Waals surface area contributed by atoms with Crippen molar-refractivity contribution in [2.45, 2.75) is 110 Å². The van der Waals surface area contributed by atoms with E-state index in [1.165, 1.54) is 70.6 Å². The Hall–Kier alpha value is -0.0800. The van der Waals surface area contributed by atoms with Gasteiger partial charge in [-0.05, 0) is 97.7 Å². The molecule has 0 radical (unpaired) electrons. The molecule has 4 rings (SSSR count). The van der Waals surface area contributed by atoms with Gasteiger partial charge in [0.2, 0.25) is 0 Å².